The minimum atomic E-state index is -3.96. The number of benzene rings is 3. The van der Waals surface area contributed by atoms with Crippen molar-refractivity contribution in [1.82, 2.24) is 4.72 Å². The molecule has 3 rings (SSSR count). The third kappa shape index (κ3) is 5.87. The lowest BCUT2D eigenvalue weighted by Crippen LogP contribution is -2.29. The lowest BCUT2D eigenvalue weighted by Gasteiger charge is -2.20. The van der Waals surface area contributed by atoms with Crippen LogP contribution in [-0.4, -0.2) is 27.7 Å². The van der Waals surface area contributed by atoms with Crippen LogP contribution in [0.25, 0.3) is 0 Å². The second kappa shape index (κ2) is 10.8. The number of carbonyl (C=O) groups is 1. The first-order chi connectivity index (χ1) is 15.4. The number of anilines is 1. The molecule has 0 aliphatic carbocycles. The third-order valence-corrected chi connectivity index (χ3v) is 6.03. The van der Waals surface area contributed by atoms with Gasteiger partial charge in [-0.25, -0.2) is 13.2 Å². The van der Waals surface area contributed by atoms with E-state index in [1.165, 1.54) is 18.2 Å². The van der Waals surface area contributed by atoms with E-state index in [9.17, 15) is 13.2 Å². The Bertz CT molecular complexity index is 1100. The standard InChI is InChI=1S/C24H26N2O5S/c1-3-30-22-16-15-20(17-21(22)25-24(27)31-4-2)32(28,29)26-23(18-11-7-5-8-12-18)19-13-9-6-10-14-19/h5-17,23,26H,3-4H2,1-2H3,(H,25,27). The number of carbonyl (C=O) groups excluding carboxylic acids is 1. The van der Waals surface area contributed by atoms with Gasteiger partial charge < -0.3 is 9.47 Å². The van der Waals surface area contributed by atoms with Crippen LogP contribution in [0.15, 0.2) is 83.8 Å². The molecule has 0 fully saturated rings. The maximum Gasteiger partial charge on any atom is 0.411 e. The first-order valence-corrected chi connectivity index (χ1v) is 11.8. The summed E-state index contributed by atoms with van der Waals surface area (Å²) in [7, 11) is -3.96. The van der Waals surface area contributed by atoms with Gasteiger partial charge in [0.05, 0.1) is 29.8 Å². The zero-order valence-electron chi connectivity index (χ0n) is 17.9. The highest BCUT2D eigenvalue weighted by Crippen LogP contribution is 2.30. The first kappa shape index (κ1) is 23.3. The van der Waals surface area contributed by atoms with Crippen LogP contribution in [0.4, 0.5) is 10.5 Å². The molecule has 168 valence electrons. The van der Waals surface area contributed by atoms with Gasteiger partial charge in [0.15, 0.2) is 0 Å². The number of rotatable bonds is 9. The van der Waals surface area contributed by atoms with Crippen molar-refractivity contribution in [3.8, 4) is 5.75 Å². The van der Waals surface area contributed by atoms with Gasteiger partial charge in [0.2, 0.25) is 10.0 Å². The smallest absolute Gasteiger partial charge is 0.411 e. The topological polar surface area (TPSA) is 93.7 Å². The van der Waals surface area contributed by atoms with Crippen molar-refractivity contribution < 1.29 is 22.7 Å². The predicted octanol–water partition coefficient (Wildman–Crippen LogP) is 4.72. The Hall–Kier alpha value is -3.36. The van der Waals surface area contributed by atoms with Crippen molar-refractivity contribution in [1.29, 1.82) is 0 Å². The highest BCUT2D eigenvalue weighted by atomic mass is 32.2. The lowest BCUT2D eigenvalue weighted by molar-refractivity contribution is 0.167. The summed E-state index contributed by atoms with van der Waals surface area (Å²) in [6, 6.07) is 22.4. The molecule has 3 aromatic carbocycles. The van der Waals surface area contributed by atoms with Crippen LogP contribution in [0.2, 0.25) is 0 Å². The van der Waals surface area contributed by atoms with Crippen molar-refractivity contribution in [2.24, 2.45) is 0 Å². The summed E-state index contributed by atoms with van der Waals surface area (Å²) in [5.74, 6) is 0.349. The van der Waals surface area contributed by atoms with Gasteiger partial charge in [-0.15, -0.1) is 0 Å². The van der Waals surface area contributed by atoms with E-state index in [0.29, 0.717) is 12.4 Å². The van der Waals surface area contributed by atoms with E-state index in [0.717, 1.165) is 11.1 Å². The quantitative estimate of drug-likeness (QED) is 0.488. The third-order valence-electron chi connectivity index (χ3n) is 4.61. The minimum absolute atomic E-state index is 0.00962. The Morgan fingerprint density at radius 1 is 0.875 bits per heavy atom. The molecule has 0 saturated heterocycles. The van der Waals surface area contributed by atoms with E-state index in [4.69, 9.17) is 9.47 Å². The Balaban J connectivity index is 1.97. The molecule has 0 atom stereocenters. The molecule has 0 aliphatic heterocycles. The molecule has 1 amide bonds. The number of hydrogen-bond acceptors (Lipinski definition) is 5. The fourth-order valence-corrected chi connectivity index (χ4v) is 4.41. The molecule has 0 bridgehead atoms. The first-order valence-electron chi connectivity index (χ1n) is 10.3. The molecule has 2 N–H and O–H groups in total. The number of sulfonamides is 1. The van der Waals surface area contributed by atoms with Crippen molar-refractivity contribution >= 4 is 21.8 Å². The van der Waals surface area contributed by atoms with E-state index in [-0.39, 0.29) is 17.2 Å². The molecule has 0 saturated carbocycles. The van der Waals surface area contributed by atoms with Gasteiger partial charge in [-0.2, -0.15) is 4.72 Å². The number of hydrogen-bond donors (Lipinski definition) is 2. The largest absolute Gasteiger partial charge is 0.492 e. The maximum absolute atomic E-state index is 13.3. The summed E-state index contributed by atoms with van der Waals surface area (Å²) in [6.07, 6.45) is -0.692. The average molecular weight is 455 g/mol. The molecule has 8 heteroatoms. The summed E-state index contributed by atoms with van der Waals surface area (Å²) in [6.45, 7) is 4.02. The minimum Gasteiger partial charge on any atom is -0.492 e. The maximum atomic E-state index is 13.3. The Kier molecular flexibility index (Phi) is 7.86. The van der Waals surface area contributed by atoms with Gasteiger partial charge in [0.25, 0.3) is 0 Å². The van der Waals surface area contributed by atoms with Gasteiger partial charge in [-0.1, -0.05) is 60.7 Å². The molecule has 0 aliphatic rings. The fraction of sp³-hybridized carbons (Fsp3) is 0.208. The summed E-state index contributed by atoms with van der Waals surface area (Å²) < 4.78 is 39.9. The van der Waals surface area contributed by atoms with Gasteiger partial charge in [0, 0.05) is 0 Å². The predicted molar refractivity (Wildman–Crippen MR) is 123 cm³/mol. The number of amides is 1. The van der Waals surface area contributed by atoms with E-state index in [1.807, 2.05) is 60.7 Å². The van der Waals surface area contributed by atoms with E-state index in [2.05, 4.69) is 10.0 Å². The molecule has 3 aromatic rings. The zero-order valence-corrected chi connectivity index (χ0v) is 18.8. The van der Waals surface area contributed by atoms with E-state index >= 15 is 0 Å². The van der Waals surface area contributed by atoms with Crippen molar-refractivity contribution in [2.75, 3.05) is 18.5 Å². The molecule has 0 spiro atoms. The second-order valence-corrected chi connectivity index (χ2v) is 8.53. The van der Waals surface area contributed by atoms with Crippen LogP contribution in [0.5, 0.6) is 5.75 Å². The molecule has 0 heterocycles. The highest BCUT2D eigenvalue weighted by molar-refractivity contribution is 7.89. The van der Waals surface area contributed by atoms with Crippen LogP contribution in [0.3, 0.4) is 0 Å². The molecular formula is C24H26N2O5S. The summed E-state index contributed by atoms with van der Waals surface area (Å²) in [5.41, 5.74) is 1.82. The van der Waals surface area contributed by atoms with Crippen LogP contribution in [0.1, 0.15) is 31.0 Å². The SMILES string of the molecule is CCOC(=O)Nc1cc(S(=O)(=O)NC(c2ccccc2)c2ccccc2)ccc1OCC. The molecule has 0 radical (unpaired) electrons. The zero-order chi connectivity index (χ0) is 23.0. The van der Waals surface area contributed by atoms with Gasteiger partial charge in [0.1, 0.15) is 5.75 Å². The summed E-state index contributed by atoms with van der Waals surface area (Å²) >= 11 is 0. The summed E-state index contributed by atoms with van der Waals surface area (Å²) in [5, 5.41) is 2.55. The Morgan fingerprint density at radius 3 is 2.00 bits per heavy atom. The average Bonchev–Trinajstić information content (AvgIpc) is 2.80. The Morgan fingerprint density at radius 2 is 1.47 bits per heavy atom. The van der Waals surface area contributed by atoms with Crippen molar-refractivity contribution in [2.45, 2.75) is 24.8 Å². The molecular weight excluding hydrogens is 428 g/mol. The Labute approximate surface area is 188 Å². The van der Waals surface area contributed by atoms with Crippen molar-refractivity contribution in [3.05, 3.63) is 90.0 Å². The van der Waals surface area contributed by atoms with Crippen LogP contribution in [0, 0.1) is 0 Å². The van der Waals surface area contributed by atoms with Crippen LogP contribution in [-0.2, 0) is 14.8 Å². The van der Waals surface area contributed by atoms with E-state index < -0.39 is 22.2 Å². The lowest BCUT2D eigenvalue weighted by atomic mass is 10.00. The normalized spacial score (nSPS) is 11.2. The van der Waals surface area contributed by atoms with Crippen LogP contribution >= 0.6 is 0 Å². The van der Waals surface area contributed by atoms with Crippen LogP contribution < -0.4 is 14.8 Å². The molecule has 0 unspecified atom stereocenters. The number of nitrogens with one attached hydrogen (secondary N) is 2. The molecule has 0 aromatic heterocycles. The van der Waals surface area contributed by atoms with Gasteiger partial charge >= 0.3 is 6.09 Å². The second-order valence-electron chi connectivity index (χ2n) is 6.81. The summed E-state index contributed by atoms with van der Waals surface area (Å²) in [4.78, 5) is 11.9. The fourth-order valence-electron chi connectivity index (χ4n) is 3.18. The number of ether oxygens (including phenoxy) is 2. The molecule has 32 heavy (non-hydrogen) atoms. The monoisotopic (exact) mass is 454 g/mol. The highest BCUT2D eigenvalue weighted by Gasteiger charge is 2.24. The van der Waals surface area contributed by atoms with Gasteiger partial charge in [-0.3, -0.25) is 5.32 Å². The van der Waals surface area contributed by atoms with Gasteiger partial charge in [-0.05, 0) is 43.2 Å². The molecule has 7 nitrogen and oxygen atoms in total. The van der Waals surface area contributed by atoms with E-state index in [1.54, 1.807) is 13.8 Å². The van der Waals surface area contributed by atoms with Crippen molar-refractivity contribution in [3.63, 3.8) is 0 Å².